The summed E-state index contributed by atoms with van der Waals surface area (Å²) in [6.45, 7) is 10.0. The Hall–Kier alpha value is -1.88. The van der Waals surface area contributed by atoms with Gasteiger partial charge >= 0.3 is 0 Å². The predicted octanol–water partition coefficient (Wildman–Crippen LogP) is 2.44. The molecular formula is C19H30N2O3. The maximum Gasteiger partial charge on any atom is 0.251 e. The molecule has 134 valence electrons. The van der Waals surface area contributed by atoms with Crippen LogP contribution in [0, 0.1) is 11.8 Å². The fourth-order valence-corrected chi connectivity index (χ4v) is 2.12. The van der Waals surface area contributed by atoms with Crippen molar-refractivity contribution in [3.05, 3.63) is 35.4 Å². The van der Waals surface area contributed by atoms with Crippen molar-refractivity contribution in [2.24, 2.45) is 11.8 Å². The second-order valence-corrected chi connectivity index (χ2v) is 7.24. The van der Waals surface area contributed by atoms with Crippen molar-refractivity contribution in [1.82, 2.24) is 10.2 Å². The number of nitrogens with zero attached hydrogens (tertiary/aromatic N) is 1. The molecule has 1 rings (SSSR count). The topological polar surface area (TPSA) is 69.6 Å². The average molecular weight is 334 g/mol. The van der Waals surface area contributed by atoms with Crippen LogP contribution in [0.5, 0.6) is 0 Å². The molecule has 24 heavy (non-hydrogen) atoms. The number of carbonyl (C=O) groups is 2. The summed E-state index contributed by atoms with van der Waals surface area (Å²) in [6, 6.07) is 7.17. The van der Waals surface area contributed by atoms with Gasteiger partial charge in [-0.05, 0) is 30.5 Å². The van der Waals surface area contributed by atoms with E-state index in [4.69, 9.17) is 0 Å². The monoisotopic (exact) mass is 334 g/mol. The molecule has 0 fully saturated rings. The maximum atomic E-state index is 12.2. The van der Waals surface area contributed by atoms with Gasteiger partial charge in [0.15, 0.2) is 0 Å². The standard InChI is InChI=1S/C19H30N2O3/c1-13(2)18(23)21(6)11-15-7-9-16(10-8-15)17(22)20-12-19(5,24)14(3)4/h7-10,13-14,24H,11-12H2,1-6H3,(H,20,22). The van der Waals surface area contributed by atoms with Gasteiger partial charge in [0.1, 0.15) is 0 Å². The molecule has 0 spiro atoms. The largest absolute Gasteiger partial charge is 0.388 e. The average Bonchev–Trinajstić information content (AvgIpc) is 2.52. The zero-order valence-electron chi connectivity index (χ0n) is 15.6. The van der Waals surface area contributed by atoms with Gasteiger partial charge in [0.05, 0.1) is 5.60 Å². The molecule has 0 aliphatic carbocycles. The molecule has 0 aliphatic rings. The van der Waals surface area contributed by atoms with Crippen molar-refractivity contribution in [3.63, 3.8) is 0 Å². The molecule has 0 saturated carbocycles. The number of aliphatic hydroxyl groups is 1. The van der Waals surface area contributed by atoms with E-state index >= 15 is 0 Å². The molecule has 0 heterocycles. The molecule has 1 aromatic carbocycles. The molecule has 0 bridgehead atoms. The van der Waals surface area contributed by atoms with Crippen LogP contribution in [-0.4, -0.2) is 41.0 Å². The summed E-state index contributed by atoms with van der Waals surface area (Å²) in [5.41, 5.74) is 0.573. The van der Waals surface area contributed by atoms with Crippen LogP contribution in [0.1, 0.15) is 50.5 Å². The van der Waals surface area contributed by atoms with E-state index < -0.39 is 5.60 Å². The van der Waals surface area contributed by atoms with Gasteiger partial charge in [0.25, 0.3) is 5.91 Å². The first-order chi connectivity index (χ1) is 11.0. The van der Waals surface area contributed by atoms with E-state index in [0.717, 1.165) is 5.56 Å². The number of rotatable bonds is 7. The molecule has 2 N–H and O–H groups in total. The van der Waals surface area contributed by atoms with E-state index in [9.17, 15) is 14.7 Å². The van der Waals surface area contributed by atoms with E-state index in [1.54, 1.807) is 31.0 Å². The number of hydrogen-bond donors (Lipinski definition) is 2. The summed E-state index contributed by atoms with van der Waals surface area (Å²) in [5.74, 6) is -0.107. The second kappa shape index (κ2) is 8.29. The third kappa shape index (κ3) is 5.64. The third-order valence-corrected chi connectivity index (χ3v) is 4.36. The highest BCUT2D eigenvalue weighted by Gasteiger charge is 2.25. The van der Waals surface area contributed by atoms with Crippen LogP contribution >= 0.6 is 0 Å². The minimum Gasteiger partial charge on any atom is -0.388 e. The zero-order valence-corrected chi connectivity index (χ0v) is 15.6. The summed E-state index contributed by atoms with van der Waals surface area (Å²) >= 11 is 0. The summed E-state index contributed by atoms with van der Waals surface area (Å²) in [7, 11) is 1.77. The van der Waals surface area contributed by atoms with Crippen LogP contribution in [0.2, 0.25) is 0 Å². The molecule has 1 atom stereocenters. The summed E-state index contributed by atoms with van der Waals surface area (Å²) in [6.07, 6.45) is 0. The highest BCUT2D eigenvalue weighted by Crippen LogP contribution is 2.15. The minimum absolute atomic E-state index is 0.0335. The number of hydrogen-bond acceptors (Lipinski definition) is 3. The van der Waals surface area contributed by atoms with Gasteiger partial charge in [-0.1, -0.05) is 39.8 Å². The molecule has 5 heteroatoms. The summed E-state index contributed by atoms with van der Waals surface area (Å²) in [5, 5.41) is 12.9. The van der Waals surface area contributed by atoms with Gasteiger partial charge in [-0.25, -0.2) is 0 Å². The van der Waals surface area contributed by atoms with E-state index in [2.05, 4.69) is 5.32 Å². The fourth-order valence-electron chi connectivity index (χ4n) is 2.12. The fraction of sp³-hybridized carbons (Fsp3) is 0.579. The number of carbonyl (C=O) groups excluding carboxylic acids is 2. The lowest BCUT2D eigenvalue weighted by Gasteiger charge is -2.27. The Bertz CT molecular complexity index is 562. The molecule has 1 unspecified atom stereocenters. The number of nitrogens with one attached hydrogen (secondary N) is 1. The lowest BCUT2D eigenvalue weighted by molar-refractivity contribution is -0.133. The quantitative estimate of drug-likeness (QED) is 0.805. The Morgan fingerprint density at radius 3 is 2.17 bits per heavy atom. The Balaban J connectivity index is 2.64. The Morgan fingerprint density at radius 1 is 1.17 bits per heavy atom. The Kier molecular flexibility index (Phi) is 6.96. The molecule has 0 aromatic heterocycles. The molecule has 5 nitrogen and oxygen atoms in total. The van der Waals surface area contributed by atoms with Crippen molar-refractivity contribution in [1.29, 1.82) is 0 Å². The van der Waals surface area contributed by atoms with Gasteiger partial charge in [-0.3, -0.25) is 9.59 Å². The van der Waals surface area contributed by atoms with E-state index in [0.29, 0.717) is 12.1 Å². The smallest absolute Gasteiger partial charge is 0.251 e. The number of amides is 2. The van der Waals surface area contributed by atoms with E-state index in [1.165, 1.54) is 0 Å². The number of benzene rings is 1. The van der Waals surface area contributed by atoms with Crippen molar-refractivity contribution in [2.45, 2.75) is 46.8 Å². The van der Waals surface area contributed by atoms with Crippen LogP contribution in [0.15, 0.2) is 24.3 Å². The SMILES string of the molecule is CC(C)C(=O)N(C)Cc1ccc(C(=O)NCC(C)(O)C(C)C)cc1. The summed E-state index contributed by atoms with van der Waals surface area (Å²) in [4.78, 5) is 25.7. The van der Waals surface area contributed by atoms with E-state index in [-0.39, 0.29) is 30.2 Å². The van der Waals surface area contributed by atoms with Crippen molar-refractivity contribution < 1.29 is 14.7 Å². The van der Waals surface area contributed by atoms with Gasteiger partial charge in [-0.15, -0.1) is 0 Å². The first kappa shape index (κ1) is 20.2. The van der Waals surface area contributed by atoms with Gasteiger partial charge in [0, 0.05) is 31.6 Å². The third-order valence-electron chi connectivity index (χ3n) is 4.36. The van der Waals surface area contributed by atoms with Crippen LogP contribution in [-0.2, 0) is 11.3 Å². The second-order valence-electron chi connectivity index (χ2n) is 7.24. The lowest BCUT2D eigenvalue weighted by Crippen LogP contribution is -2.44. The van der Waals surface area contributed by atoms with Crippen LogP contribution in [0.25, 0.3) is 0 Å². The van der Waals surface area contributed by atoms with Crippen LogP contribution < -0.4 is 5.32 Å². The molecule has 0 radical (unpaired) electrons. The van der Waals surface area contributed by atoms with Gasteiger partial charge in [-0.2, -0.15) is 0 Å². The van der Waals surface area contributed by atoms with E-state index in [1.807, 2.05) is 39.8 Å². The first-order valence-electron chi connectivity index (χ1n) is 8.39. The molecular weight excluding hydrogens is 304 g/mol. The van der Waals surface area contributed by atoms with Crippen molar-refractivity contribution in [3.8, 4) is 0 Å². The highest BCUT2D eigenvalue weighted by molar-refractivity contribution is 5.94. The maximum absolute atomic E-state index is 12.2. The van der Waals surface area contributed by atoms with Gasteiger partial charge < -0.3 is 15.3 Å². The normalized spacial score (nSPS) is 13.7. The van der Waals surface area contributed by atoms with Crippen molar-refractivity contribution >= 4 is 11.8 Å². The Labute approximate surface area is 145 Å². The van der Waals surface area contributed by atoms with Crippen molar-refractivity contribution in [2.75, 3.05) is 13.6 Å². The molecule has 0 saturated heterocycles. The molecule has 2 amide bonds. The zero-order chi connectivity index (χ0) is 18.5. The highest BCUT2D eigenvalue weighted by atomic mass is 16.3. The lowest BCUT2D eigenvalue weighted by atomic mass is 9.92. The molecule has 0 aliphatic heterocycles. The minimum atomic E-state index is -0.935. The predicted molar refractivity (Wildman–Crippen MR) is 95.5 cm³/mol. The van der Waals surface area contributed by atoms with Crippen LogP contribution in [0.3, 0.4) is 0 Å². The Morgan fingerprint density at radius 2 is 1.71 bits per heavy atom. The van der Waals surface area contributed by atoms with Gasteiger partial charge in [0.2, 0.25) is 5.91 Å². The van der Waals surface area contributed by atoms with Crippen LogP contribution in [0.4, 0.5) is 0 Å². The molecule has 1 aromatic rings. The summed E-state index contributed by atoms with van der Waals surface area (Å²) < 4.78 is 0. The first-order valence-corrected chi connectivity index (χ1v) is 8.39.